The van der Waals surface area contributed by atoms with Crippen LogP contribution in [0.1, 0.15) is 5.56 Å². The summed E-state index contributed by atoms with van der Waals surface area (Å²) in [6, 6.07) is 32.5. The fourth-order valence-electron chi connectivity index (χ4n) is 3.16. The molecule has 0 aliphatic rings. The highest BCUT2D eigenvalue weighted by Crippen LogP contribution is 2.38. The van der Waals surface area contributed by atoms with E-state index in [1.807, 2.05) is 0 Å². The van der Waals surface area contributed by atoms with Crippen LogP contribution in [0.5, 0.6) is 0 Å². The molecule has 0 fully saturated rings. The molecule has 0 aliphatic heterocycles. The van der Waals surface area contributed by atoms with Crippen LogP contribution < -0.4 is 0 Å². The van der Waals surface area contributed by atoms with Crippen molar-refractivity contribution in [2.75, 3.05) is 0 Å². The quantitative estimate of drug-likeness (QED) is 0.397. The molecular weight excluding hydrogens is 276 g/mol. The van der Waals surface area contributed by atoms with E-state index in [-0.39, 0.29) is 0 Å². The first-order valence-corrected chi connectivity index (χ1v) is 7.97. The fraction of sp³-hybridized carbons (Fsp3) is 0.0435. The number of benzene rings is 4. The number of fused-ring (bicyclic) bond motifs is 1. The SMILES string of the molecule is Cc1ccc(-c2c(-c3ccccc3)ccc3ccccc23)cc1. The number of hydrogen-bond acceptors (Lipinski definition) is 0. The van der Waals surface area contributed by atoms with Crippen molar-refractivity contribution in [2.24, 2.45) is 0 Å². The maximum absolute atomic E-state index is 2.24. The van der Waals surface area contributed by atoms with E-state index >= 15 is 0 Å². The first-order chi connectivity index (χ1) is 11.3. The Morgan fingerprint density at radius 3 is 2.00 bits per heavy atom. The van der Waals surface area contributed by atoms with Crippen LogP contribution in [0.15, 0.2) is 91.0 Å². The monoisotopic (exact) mass is 294 g/mol. The normalized spacial score (nSPS) is 10.8. The van der Waals surface area contributed by atoms with Crippen molar-refractivity contribution in [3.05, 3.63) is 96.6 Å². The average molecular weight is 294 g/mol. The molecule has 0 aromatic heterocycles. The van der Waals surface area contributed by atoms with Gasteiger partial charge in [0.25, 0.3) is 0 Å². The molecule has 0 N–H and O–H groups in total. The fourth-order valence-corrected chi connectivity index (χ4v) is 3.16. The molecule has 0 unspecified atom stereocenters. The van der Waals surface area contributed by atoms with Crippen molar-refractivity contribution in [3.63, 3.8) is 0 Å². The van der Waals surface area contributed by atoms with Gasteiger partial charge in [0.15, 0.2) is 0 Å². The topological polar surface area (TPSA) is 0 Å². The van der Waals surface area contributed by atoms with Gasteiger partial charge >= 0.3 is 0 Å². The molecule has 4 aromatic rings. The average Bonchev–Trinajstić information content (AvgIpc) is 2.62. The Hall–Kier alpha value is -2.86. The molecule has 0 radical (unpaired) electrons. The number of aryl methyl sites for hydroxylation is 1. The summed E-state index contributed by atoms with van der Waals surface area (Å²) in [7, 11) is 0. The molecule has 0 heteroatoms. The smallest absolute Gasteiger partial charge is 0.00268 e. The second-order valence-electron chi connectivity index (χ2n) is 5.94. The lowest BCUT2D eigenvalue weighted by molar-refractivity contribution is 1.47. The Bertz CT molecular complexity index is 948. The maximum Gasteiger partial charge on any atom is -0.00268 e. The van der Waals surface area contributed by atoms with Gasteiger partial charge in [-0.2, -0.15) is 0 Å². The van der Waals surface area contributed by atoms with Gasteiger partial charge in [0, 0.05) is 0 Å². The minimum absolute atomic E-state index is 1.26. The van der Waals surface area contributed by atoms with Crippen LogP contribution in [-0.4, -0.2) is 0 Å². The van der Waals surface area contributed by atoms with Gasteiger partial charge in [0.05, 0.1) is 0 Å². The molecule has 0 heterocycles. The van der Waals surface area contributed by atoms with Crippen molar-refractivity contribution in [2.45, 2.75) is 6.92 Å². The Morgan fingerprint density at radius 2 is 1.22 bits per heavy atom. The molecule has 0 amide bonds. The van der Waals surface area contributed by atoms with Crippen molar-refractivity contribution in [1.82, 2.24) is 0 Å². The summed E-state index contributed by atoms with van der Waals surface area (Å²) in [5, 5.41) is 2.58. The van der Waals surface area contributed by atoms with Crippen molar-refractivity contribution in [1.29, 1.82) is 0 Å². The van der Waals surface area contributed by atoms with Gasteiger partial charge in [0.2, 0.25) is 0 Å². The lowest BCUT2D eigenvalue weighted by Crippen LogP contribution is -1.88. The van der Waals surface area contributed by atoms with E-state index < -0.39 is 0 Å². The van der Waals surface area contributed by atoms with E-state index in [2.05, 4.69) is 97.9 Å². The highest BCUT2D eigenvalue weighted by atomic mass is 14.1. The largest absolute Gasteiger partial charge is 0.0622 e. The first-order valence-electron chi connectivity index (χ1n) is 7.97. The Morgan fingerprint density at radius 1 is 0.522 bits per heavy atom. The van der Waals surface area contributed by atoms with Gasteiger partial charge in [0.1, 0.15) is 0 Å². The molecular formula is C23H18. The molecule has 0 saturated carbocycles. The van der Waals surface area contributed by atoms with Crippen LogP contribution in [0.4, 0.5) is 0 Å². The Balaban J connectivity index is 2.07. The summed E-state index contributed by atoms with van der Waals surface area (Å²) >= 11 is 0. The van der Waals surface area contributed by atoms with Crippen LogP contribution in [-0.2, 0) is 0 Å². The molecule has 0 spiro atoms. The van der Waals surface area contributed by atoms with Crippen molar-refractivity contribution >= 4 is 10.8 Å². The van der Waals surface area contributed by atoms with Gasteiger partial charge in [-0.05, 0) is 39.9 Å². The Kier molecular flexibility index (Phi) is 3.44. The third kappa shape index (κ3) is 2.53. The molecule has 4 aromatic carbocycles. The van der Waals surface area contributed by atoms with E-state index in [4.69, 9.17) is 0 Å². The minimum Gasteiger partial charge on any atom is -0.0622 e. The summed E-state index contributed by atoms with van der Waals surface area (Å²) in [6.07, 6.45) is 0. The van der Waals surface area contributed by atoms with Gasteiger partial charge in [-0.15, -0.1) is 0 Å². The van der Waals surface area contributed by atoms with Gasteiger partial charge in [-0.3, -0.25) is 0 Å². The lowest BCUT2D eigenvalue weighted by atomic mass is 9.89. The van der Waals surface area contributed by atoms with Gasteiger partial charge in [-0.25, -0.2) is 0 Å². The second-order valence-corrected chi connectivity index (χ2v) is 5.94. The van der Waals surface area contributed by atoms with Crippen LogP contribution in [0.25, 0.3) is 33.0 Å². The lowest BCUT2D eigenvalue weighted by Gasteiger charge is -2.14. The third-order valence-electron chi connectivity index (χ3n) is 4.35. The van der Waals surface area contributed by atoms with Crippen LogP contribution in [0.3, 0.4) is 0 Å². The molecule has 0 aliphatic carbocycles. The highest BCUT2D eigenvalue weighted by Gasteiger charge is 2.11. The first kappa shape index (κ1) is 13.8. The standard InChI is InChI=1S/C23H18/c1-17-11-13-20(14-12-17)23-21-10-6-5-9-19(21)15-16-22(23)18-7-3-2-4-8-18/h2-16H,1H3. The molecule has 110 valence electrons. The van der Waals surface area contributed by atoms with Crippen LogP contribution >= 0.6 is 0 Å². The second kappa shape index (κ2) is 5.73. The number of rotatable bonds is 2. The summed E-state index contributed by atoms with van der Waals surface area (Å²) in [4.78, 5) is 0. The van der Waals surface area contributed by atoms with E-state index in [9.17, 15) is 0 Å². The molecule has 0 bridgehead atoms. The predicted octanol–water partition coefficient (Wildman–Crippen LogP) is 6.48. The zero-order valence-electron chi connectivity index (χ0n) is 13.2. The summed E-state index contributed by atoms with van der Waals surface area (Å²) in [5.74, 6) is 0. The maximum atomic E-state index is 2.24. The van der Waals surface area contributed by atoms with Crippen molar-refractivity contribution in [3.8, 4) is 22.3 Å². The predicted molar refractivity (Wildman–Crippen MR) is 99.6 cm³/mol. The van der Waals surface area contributed by atoms with E-state index in [1.165, 1.54) is 38.6 Å². The van der Waals surface area contributed by atoms with E-state index in [0.717, 1.165) is 0 Å². The van der Waals surface area contributed by atoms with Crippen molar-refractivity contribution < 1.29 is 0 Å². The van der Waals surface area contributed by atoms with Crippen LogP contribution in [0.2, 0.25) is 0 Å². The zero-order chi connectivity index (χ0) is 15.6. The van der Waals surface area contributed by atoms with Gasteiger partial charge < -0.3 is 0 Å². The zero-order valence-corrected chi connectivity index (χ0v) is 13.2. The molecule has 4 rings (SSSR count). The van der Waals surface area contributed by atoms with E-state index in [0.29, 0.717) is 0 Å². The highest BCUT2D eigenvalue weighted by molar-refractivity contribution is 6.04. The summed E-state index contributed by atoms with van der Waals surface area (Å²) < 4.78 is 0. The minimum atomic E-state index is 1.26. The molecule has 0 saturated heterocycles. The summed E-state index contributed by atoms with van der Waals surface area (Å²) in [5.41, 5.74) is 6.41. The van der Waals surface area contributed by atoms with E-state index in [1.54, 1.807) is 0 Å². The van der Waals surface area contributed by atoms with Crippen LogP contribution in [0, 0.1) is 6.92 Å². The third-order valence-corrected chi connectivity index (χ3v) is 4.35. The summed E-state index contributed by atoms with van der Waals surface area (Å²) in [6.45, 7) is 2.13. The number of hydrogen-bond donors (Lipinski definition) is 0. The molecule has 0 nitrogen and oxygen atoms in total. The van der Waals surface area contributed by atoms with Gasteiger partial charge in [-0.1, -0.05) is 96.6 Å². The molecule has 0 atom stereocenters. The Labute approximate surface area is 137 Å². The molecule has 23 heavy (non-hydrogen) atoms.